The monoisotopic (exact) mass is 281 g/mol. The lowest BCUT2D eigenvalue weighted by Crippen LogP contribution is -2.29. The molecule has 0 aliphatic carbocycles. The van der Waals surface area contributed by atoms with E-state index in [2.05, 4.69) is 17.1 Å². The fourth-order valence-corrected chi connectivity index (χ4v) is 3.42. The number of benzene rings is 1. The average molecular weight is 281 g/mol. The Morgan fingerprint density at radius 1 is 1.21 bits per heavy atom. The van der Waals surface area contributed by atoms with E-state index in [1.54, 1.807) is 7.11 Å². The Labute approximate surface area is 120 Å². The van der Waals surface area contributed by atoms with Crippen molar-refractivity contribution >= 4 is 11.8 Å². The van der Waals surface area contributed by atoms with Gasteiger partial charge >= 0.3 is 0 Å². The Morgan fingerprint density at radius 2 is 2.00 bits per heavy atom. The molecule has 1 aliphatic rings. The Morgan fingerprint density at radius 3 is 2.68 bits per heavy atom. The fraction of sp³-hybridized carbons (Fsp3) is 0.600. The fourth-order valence-electron chi connectivity index (χ4n) is 2.14. The van der Waals surface area contributed by atoms with E-state index >= 15 is 0 Å². The zero-order valence-corrected chi connectivity index (χ0v) is 12.4. The summed E-state index contributed by atoms with van der Waals surface area (Å²) in [6, 6.07) is 7.72. The zero-order valence-electron chi connectivity index (χ0n) is 11.6. The van der Waals surface area contributed by atoms with E-state index in [1.807, 2.05) is 24.3 Å². The summed E-state index contributed by atoms with van der Waals surface area (Å²) in [7, 11) is 1.67. The van der Waals surface area contributed by atoms with Gasteiger partial charge in [-0.05, 0) is 42.9 Å². The highest BCUT2D eigenvalue weighted by Gasteiger charge is 2.12. The van der Waals surface area contributed by atoms with Crippen LogP contribution in [0.25, 0.3) is 0 Å². The van der Waals surface area contributed by atoms with Crippen molar-refractivity contribution < 1.29 is 9.47 Å². The van der Waals surface area contributed by atoms with E-state index in [9.17, 15) is 0 Å². The molecule has 19 heavy (non-hydrogen) atoms. The van der Waals surface area contributed by atoms with Gasteiger partial charge in [0.05, 0.1) is 7.11 Å². The molecular formula is C15H23NO2S. The van der Waals surface area contributed by atoms with Gasteiger partial charge < -0.3 is 14.8 Å². The van der Waals surface area contributed by atoms with Gasteiger partial charge in [-0.2, -0.15) is 11.8 Å². The molecule has 1 atom stereocenters. The van der Waals surface area contributed by atoms with E-state index in [1.165, 1.54) is 25.0 Å². The van der Waals surface area contributed by atoms with Gasteiger partial charge in [0.1, 0.15) is 18.1 Å². The predicted molar refractivity (Wildman–Crippen MR) is 81.5 cm³/mol. The van der Waals surface area contributed by atoms with E-state index < -0.39 is 0 Å². The van der Waals surface area contributed by atoms with Crippen molar-refractivity contribution in [3.8, 4) is 11.5 Å². The molecule has 2 rings (SSSR count). The summed E-state index contributed by atoms with van der Waals surface area (Å²) in [6.45, 7) is 2.73. The maximum atomic E-state index is 5.67. The summed E-state index contributed by atoms with van der Waals surface area (Å²) in [6.07, 6.45) is 4.14. The quantitative estimate of drug-likeness (QED) is 0.778. The van der Waals surface area contributed by atoms with Crippen LogP contribution in [0.2, 0.25) is 0 Å². The Bertz CT molecular complexity index is 350. The number of methoxy groups -OCH3 is 1. The lowest BCUT2D eigenvalue weighted by atomic mass is 10.2. The van der Waals surface area contributed by atoms with Crippen LogP contribution in [-0.2, 0) is 0 Å². The van der Waals surface area contributed by atoms with Gasteiger partial charge in [0.25, 0.3) is 0 Å². The van der Waals surface area contributed by atoms with Crippen LogP contribution in [0.5, 0.6) is 11.5 Å². The lowest BCUT2D eigenvalue weighted by molar-refractivity contribution is 0.313. The molecule has 0 radical (unpaired) electrons. The number of ether oxygens (including phenoxy) is 2. The van der Waals surface area contributed by atoms with E-state index in [4.69, 9.17) is 9.47 Å². The van der Waals surface area contributed by atoms with Crippen LogP contribution in [-0.4, -0.2) is 37.8 Å². The average Bonchev–Trinajstić information content (AvgIpc) is 2.49. The van der Waals surface area contributed by atoms with Gasteiger partial charge in [-0.3, -0.25) is 0 Å². The van der Waals surface area contributed by atoms with E-state index in [0.29, 0.717) is 6.61 Å². The van der Waals surface area contributed by atoms with E-state index in [0.717, 1.165) is 29.8 Å². The standard InChI is InChI=1S/C15H23NO2S/c1-17-13-5-7-14(8-6-13)18-10-9-16-12-15-4-2-3-11-19-15/h5-8,15-16H,2-4,9-12H2,1H3. The molecule has 0 saturated carbocycles. The summed E-state index contributed by atoms with van der Waals surface area (Å²) in [5.74, 6) is 3.09. The highest BCUT2D eigenvalue weighted by Crippen LogP contribution is 2.24. The predicted octanol–water partition coefficient (Wildman–Crippen LogP) is 2.95. The smallest absolute Gasteiger partial charge is 0.119 e. The van der Waals surface area contributed by atoms with Crippen molar-refractivity contribution in [2.24, 2.45) is 0 Å². The molecule has 0 aromatic heterocycles. The second kappa shape index (κ2) is 8.33. The molecule has 1 aromatic rings. The van der Waals surface area contributed by atoms with Gasteiger partial charge in [0.15, 0.2) is 0 Å². The van der Waals surface area contributed by atoms with E-state index in [-0.39, 0.29) is 0 Å². The van der Waals surface area contributed by atoms with Crippen LogP contribution in [0.1, 0.15) is 19.3 Å². The van der Waals surface area contributed by atoms with Crippen LogP contribution >= 0.6 is 11.8 Å². The van der Waals surface area contributed by atoms with Gasteiger partial charge in [-0.25, -0.2) is 0 Å². The summed E-state index contributed by atoms with van der Waals surface area (Å²) in [4.78, 5) is 0. The maximum absolute atomic E-state index is 5.67. The van der Waals surface area contributed by atoms with Gasteiger partial charge in [0.2, 0.25) is 0 Å². The first-order chi connectivity index (χ1) is 9.38. The molecule has 0 amide bonds. The highest BCUT2D eigenvalue weighted by molar-refractivity contribution is 7.99. The minimum atomic E-state index is 0.712. The third-order valence-electron chi connectivity index (χ3n) is 3.25. The lowest BCUT2D eigenvalue weighted by Gasteiger charge is -2.21. The first-order valence-electron chi connectivity index (χ1n) is 6.97. The molecule has 0 spiro atoms. The maximum Gasteiger partial charge on any atom is 0.119 e. The van der Waals surface area contributed by atoms with Crippen LogP contribution in [0.4, 0.5) is 0 Å². The SMILES string of the molecule is COc1ccc(OCCNCC2CCCCS2)cc1. The molecule has 1 heterocycles. The molecule has 1 N–H and O–H groups in total. The summed E-state index contributed by atoms with van der Waals surface area (Å²) in [5.41, 5.74) is 0. The molecule has 1 unspecified atom stereocenters. The van der Waals surface area contributed by atoms with Crippen LogP contribution in [0.15, 0.2) is 24.3 Å². The second-order valence-corrected chi connectivity index (χ2v) is 6.12. The molecule has 1 aliphatic heterocycles. The van der Waals surface area contributed by atoms with Crippen molar-refractivity contribution in [2.45, 2.75) is 24.5 Å². The normalized spacial score (nSPS) is 19.1. The third kappa shape index (κ3) is 5.33. The zero-order chi connectivity index (χ0) is 13.3. The van der Waals surface area contributed by atoms with Crippen molar-refractivity contribution in [3.63, 3.8) is 0 Å². The summed E-state index contributed by atoms with van der Waals surface area (Å²) < 4.78 is 10.8. The minimum absolute atomic E-state index is 0.712. The largest absolute Gasteiger partial charge is 0.497 e. The molecule has 4 heteroatoms. The first-order valence-corrected chi connectivity index (χ1v) is 8.02. The molecule has 106 valence electrons. The molecule has 3 nitrogen and oxygen atoms in total. The second-order valence-electron chi connectivity index (χ2n) is 4.72. The summed E-state index contributed by atoms with van der Waals surface area (Å²) in [5, 5.41) is 4.28. The van der Waals surface area contributed by atoms with Crippen molar-refractivity contribution in [1.29, 1.82) is 0 Å². The van der Waals surface area contributed by atoms with Gasteiger partial charge in [-0.15, -0.1) is 0 Å². The molecule has 1 fully saturated rings. The molecule has 1 saturated heterocycles. The van der Waals surface area contributed by atoms with Crippen LogP contribution in [0.3, 0.4) is 0 Å². The number of hydrogen-bond acceptors (Lipinski definition) is 4. The molecule has 1 aromatic carbocycles. The van der Waals surface area contributed by atoms with Gasteiger partial charge in [-0.1, -0.05) is 6.42 Å². The number of hydrogen-bond donors (Lipinski definition) is 1. The molecular weight excluding hydrogens is 258 g/mol. The summed E-state index contributed by atoms with van der Waals surface area (Å²) >= 11 is 2.10. The molecule has 0 bridgehead atoms. The Hall–Kier alpha value is -0.870. The highest BCUT2D eigenvalue weighted by atomic mass is 32.2. The van der Waals surface area contributed by atoms with Crippen LogP contribution in [0, 0.1) is 0 Å². The Balaban J connectivity index is 1.55. The third-order valence-corrected chi connectivity index (χ3v) is 4.65. The number of nitrogens with one attached hydrogen (secondary N) is 1. The Kier molecular flexibility index (Phi) is 6.37. The van der Waals surface area contributed by atoms with Crippen molar-refractivity contribution in [1.82, 2.24) is 5.32 Å². The van der Waals surface area contributed by atoms with Crippen molar-refractivity contribution in [3.05, 3.63) is 24.3 Å². The number of rotatable bonds is 7. The van der Waals surface area contributed by atoms with Crippen molar-refractivity contribution in [2.75, 3.05) is 32.6 Å². The minimum Gasteiger partial charge on any atom is -0.497 e. The van der Waals surface area contributed by atoms with Crippen LogP contribution < -0.4 is 14.8 Å². The van der Waals surface area contributed by atoms with Gasteiger partial charge in [0, 0.05) is 18.3 Å². The first kappa shape index (κ1) is 14.5. The number of thioether (sulfide) groups is 1. The topological polar surface area (TPSA) is 30.5 Å².